The molecule has 0 spiro atoms. The molecule has 3 N–H and O–H groups in total. The van der Waals surface area contributed by atoms with Crippen LogP contribution in [0.1, 0.15) is 48.1 Å². The average molecular weight is 451 g/mol. The van der Waals surface area contributed by atoms with Crippen LogP contribution in [0.25, 0.3) is 22.3 Å². The molecule has 0 aliphatic carbocycles. The second-order valence-corrected chi connectivity index (χ2v) is 8.66. The third kappa shape index (κ3) is 5.61. The molecule has 7 heteroatoms. The number of hydrogen-bond acceptors (Lipinski definition) is 5. The highest BCUT2D eigenvalue weighted by Crippen LogP contribution is 2.43. The van der Waals surface area contributed by atoms with Crippen molar-refractivity contribution in [3.05, 3.63) is 52.9 Å². The van der Waals surface area contributed by atoms with E-state index in [-0.39, 0.29) is 0 Å². The molecule has 0 bridgehead atoms. The molecule has 0 aliphatic rings. The molecular weight excluding hydrogens is 416 g/mol. The van der Waals surface area contributed by atoms with E-state index < -0.39 is 5.91 Å². The number of carbonyl (C=O) groups excluding carboxylic acids is 2. The maximum absolute atomic E-state index is 11.9. The summed E-state index contributed by atoms with van der Waals surface area (Å²) in [4.78, 5) is 25.0. The van der Waals surface area contributed by atoms with Gasteiger partial charge in [-0.1, -0.05) is 38.1 Å². The summed E-state index contributed by atoms with van der Waals surface area (Å²) in [7, 11) is 3.49. The summed E-state index contributed by atoms with van der Waals surface area (Å²) in [6.45, 7) is 12.1. The molecule has 0 unspecified atom stereocenters. The third-order valence-electron chi connectivity index (χ3n) is 5.10. The van der Waals surface area contributed by atoms with Crippen LogP contribution in [0.3, 0.4) is 0 Å². The average Bonchev–Trinajstić information content (AvgIpc) is 3.09. The van der Waals surface area contributed by atoms with E-state index in [2.05, 4.69) is 31.2 Å². The van der Waals surface area contributed by atoms with Crippen LogP contribution in [0, 0.1) is 26.7 Å². The summed E-state index contributed by atoms with van der Waals surface area (Å²) in [6, 6.07) is 9.33. The van der Waals surface area contributed by atoms with Crippen molar-refractivity contribution >= 4 is 23.7 Å². The molecule has 7 nitrogen and oxygen atoms in total. The summed E-state index contributed by atoms with van der Waals surface area (Å²) in [5, 5.41) is 7.23. The van der Waals surface area contributed by atoms with Crippen LogP contribution in [0.15, 0.2) is 34.9 Å². The van der Waals surface area contributed by atoms with E-state index in [9.17, 15) is 9.59 Å². The number of rotatable bonds is 6. The topological polar surface area (TPSA) is 101 Å². The van der Waals surface area contributed by atoms with Gasteiger partial charge in [-0.3, -0.25) is 9.59 Å². The lowest BCUT2D eigenvalue weighted by Crippen LogP contribution is -2.17. The van der Waals surface area contributed by atoms with Gasteiger partial charge in [-0.25, -0.2) is 0 Å². The van der Waals surface area contributed by atoms with Gasteiger partial charge < -0.3 is 20.5 Å². The molecule has 0 fully saturated rings. The number of primary amides is 1. The second kappa shape index (κ2) is 10.8. The van der Waals surface area contributed by atoms with Crippen LogP contribution in [-0.4, -0.2) is 31.6 Å². The number of amides is 2. The summed E-state index contributed by atoms with van der Waals surface area (Å²) < 4.78 is 5.34. The molecule has 2 amide bonds. The molecule has 2 aromatic carbocycles. The van der Waals surface area contributed by atoms with Gasteiger partial charge in [0.15, 0.2) is 0 Å². The fourth-order valence-electron chi connectivity index (χ4n) is 3.70. The maximum Gasteiger partial charge on any atom is 0.248 e. The predicted molar refractivity (Wildman–Crippen MR) is 135 cm³/mol. The van der Waals surface area contributed by atoms with Gasteiger partial charge in [-0.15, -0.1) is 0 Å². The van der Waals surface area contributed by atoms with Crippen molar-refractivity contribution in [2.24, 2.45) is 11.7 Å². The normalized spacial score (nSPS) is 10.5. The number of carbonyl (C=O) groups is 2. The van der Waals surface area contributed by atoms with E-state index in [1.54, 1.807) is 26.2 Å². The quantitative estimate of drug-likeness (QED) is 0.494. The summed E-state index contributed by atoms with van der Waals surface area (Å²) in [6.07, 6.45) is 0.753. The fourth-order valence-corrected chi connectivity index (χ4v) is 3.70. The molecule has 0 atom stereocenters. The zero-order valence-electron chi connectivity index (χ0n) is 20.7. The Morgan fingerprint density at radius 2 is 1.79 bits per heavy atom. The zero-order valence-corrected chi connectivity index (χ0v) is 20.7. The van der Waals surface area contributed by atoms with Crippen LogP contribution >= 0.6 is 0 Å². The van der Waals surface area contributed by atoms with E-state index in [0.717, 1.165) is 51.5 Å². The van der Waals surface area contributed by atoms with Crippen molar-refractivity contribution < 1.29 is 14.1 Å². The number of hydrogen-bond donors (Lipinski definition) is 2. The molecule has 0 aliphatic heterocycles. The van der Waals surface area contributed by atoms with Crippen molar-refractivity contribution in [2.45, 2.75) is 41.5 Å². The van der Waals surface area contributed by atoms with Gasteiger partial charge in [-0.05, 0) is 61.6 Å². The Morgan fingerprint density at radius 3 is 2.27 bits per heavy atom. The van der Waals surface area contributed by atoms with Crippen LogP contribution in [0.4, 0.5) is 11.4 Å². The number of anilines is 2. The first-order valence-corrected chi connectivity index (χ1v) is 10.9. The molecular formula is C26H34N4O3. The van der Waals surface area contributed by atoms with Gasteiger partial charge in [0.1, 0.15) is 5.76 Å². The van der Waals surface area contributed by atoms with E-state index >= 15 is 0 Å². The van der Waals surface area contributed by atoms with Crippen LogP contribution in [0.2, 0.25) is 0 Å². The van der Waals surface area contributed by atoms with Crippen molar-refractivity contribution in [3.8, 4) is 22.3 Å². The highest BCUT2D eigenvalue weighted by molar-refractivity contribution is 6.01. The standard InChI is InChI=1S/C22H24N4O3.C4H10/c1-12-16(7-6-8-17(12)22(23)28)18-9-15(20-13(2)25-29-14(20)3)10-19(24-4)21(18)26(5)11-27;1-4(2)3/h6-11,24H,1-5H3,(H2,23,28);4H,1-3H3. The molecule has 0 saturated heterocycles. The molecule has 0 radical (unpaired) electrons. The number of aryl methyl sites for hydroxylation is 2. The summed E-state index contributed by atoms with van der Waals surface area (Å²) in [5.74, 6) is 1.04. The van der Waals surface area contributed by atoms with Crippen molar-refractivity contribution in [2.75, 3.05) is 24.3 Å². The molecule has 3 rings (SSSR count). The summed E-state index contributed by atoms with van der Waals surface area (Å²) >= 11 is 0. The minimum absolute atomic E-state index is 0.441. The lowest BCUT2D eigenvalue weighted by atomic mass is 9.91. The molecule has 0 saturated carbocycles. The van der Waals surface area contributed by atoms with Gasteiger partial charge in [0.2, 0.25) is 12.3 Å². The maximum atomic E-state index is 11.9. The van der Waals surface area contributed by atoms with Gasteiger partial charge in [0.25, 0.3) is 0 Å². The van der Waals surface area contributed by atoms with E-state index in [1.807, 2.05) is 39.0 Å². The Kier molecular flexibility index (Phi) is 8.40. The highest BCUT2D eigenvalue weighted by Gasteiger charge is 2.21. The first-order valence-electron chi connectivity index (χ1n) is 10.9. The lowest BCUT2D eigenvalue weighted by Gasteiger charge is -2.23. The van der Waals surface area contributed by atoms with E-state index in [0.29, 0.717) is 17.0 Å². The minimum atomic E-state index is -0.495. The number of nitrogens with two attached hydrogens (primary N) is 1. The Labute approximate surface area is 196 Å². The van der Waals surface area contributed by atoms with Crippen molar-refractivity contribution in [3.63, 3.8) is 0 Å². The first-order chi connectivity index (χ1) is 15.5. The van der Waals surface area contributed by atoms with Crippen molar-refractivity contribution in [1.29, 1.82) is 0 Å². The summed E-state index contributed by atoms with van der Waals surface area (Å²) in [5.41, 5.74) is 12.4. The highest BCUT2D eigenvalue weighted by atomic mass is 16.5. The van der Waals surface area contributed by atoms with Crippen LogP contribution in [0.5, 0.6) is 0 Å². The number of nitrogens with zero attached hydrogens (tertiary/aromatic N) is 2. The Bertz CT molecular complexity index is 1130. The second-order valence-electron chi connectivity index (χ2n) is 8.66. The SMILES string of the molecule is CC(C)C.CNc1cc(-c2c(C)noc2C)cc(-c2cccc(C(N)=O)c2C)c1N(C)C=O. The molecule has 33 heavy (non-hydrogen) atoms. The Hall–Kier alpha value is -3.61. The van der Waals surface area contributed by atoms with Gasteiger partial charge in [-0.2, -0.15) is 0 Å². The molecule has 176 valence electrons. The third-order valence-corrected chi connectivity index (χ3v) is 5.10. The lowest BCUT2D eigenvalue weighted by molar-refractivity contribution is -0.107. The first kappa shape index (κ1) is 25.6. The smallest absolute Gasteiger partial charge is 0.248 e. The predicted octanol–water partition coefficient (Wildman–Crippen LogP) is 5.33. The fraction of sp³-hybridized carbons (Fsp3) is 0.346. The zero-order chi connectivity index (χ0) is 24.9. The molecule has 1 heterocycles. The number of nitrogens with one attached hydrogen (secondary N) is 1. The minimum Gasteiger partial charge on any atom is -0.386 e. The number of aromatic nitrogens is 1. The Morgan fingerprint density at radius 1 is 1.15 bits per heavy atom. The largest absolute Gasteiger partial charge is 0.386 e. The molecule has 1 aromatic heterocycles. The monoisotopic (exact) mass is 450 g/mol. The van der Waals surface area contributed by atoms with E-state index in [1.165, 1.54) is 4.90 Å². The van der Waals surface area contributed by atoms with Gasteiger partial charge in [0.05, 0.1) is 17.1 Å². The molecule has 3 aromatic rings. The van der Waals surface area contributed by atoms with Crippen LogP contribution < -0.4 is 16.0 Å². The number of benzene rings is 2. The Balaban J connectivity index is 0.000000890. The van der Waals surface area contributed by atoms with Crippen molar-refractivity contribution in [1.82, 2.24) is 5.16 Å². The van der Waals surface area contributed by atoms with Gasteiger partial charge >= 0.3 is 0 Å². The van der Waals surface area contributed by atoms with E-state index in [4.69, 9.17) is 10.3 Å². The van der Waals surface area contributed by atoms with Crippen LogP contribution in [-0.2, 0) is 4.79 Å². The van der Waals surface area contributed by atoms with Gasteiger partial charge in [0, 0.05) is 30.8 Å².